The Bertz CT molecular complexity index is 268. The van der Waals surface area contributed by atoms with E-state index in [4.69, 9.17) is 5.73 Å². The fourth-order valence-electron chi connectivity index (χ4n) is 2.70. The minimum absolute atomic E-state index is 0.194. The Balaban J connectivity index is 2.54. The van der Waals surface area contributed by atoms with Gasteiger partial charge in [0.15, 0.2) is 0 Å². The Hall–Kier alpha value is -0.650. The molecule has 1 heterocycles. The van der Waals surface area contributed by atoms with Crippen molar-refractivity contribution in [2.75, 3.05) is 52.9 Å². The molecule has 1 saturated heterocycles. The molecule has 0 spiro atoms. The predicted octanol–water partition coefficient (Wildman–Crippen LogP) is 0.210. The summed E-state index contributed by atoms with van der Waals surface area (Å²) >= 11 is 0. The van der Waals surface area contributed by atoms with Gasteiger partial charge in [-0.15, -0.1) is 0 Å². The quantitative estimate of drug-likeness (QED) is 0.750. The third-order valence-electron chi connectivity index (χ3n) is 4.07. The van der Waals surface area contributed by atoms with Crippen LogP contribution in [0.1, 0.15) is 26.7 Å². The molecule has 0 aliphatic carbocycles. The van der Waals surface area contributed by atoms with E-state index in [0.29, 0.717) is 13.0 Å². The zero-order valence-electron chi connectivity index (χ0n) is 12.8. The largest absolute Gasteiger partial charge is 0.343 e. The van der Waals surface area contributed by atoms with Crippen LogP contribution in [0.5, 0.6) is 0 Å². The number of hydrogen-bond donors (Lipinski definition) is 1. The van der Waals surface area contributed by atoms with E-state index in [2.05, 4.69) is 16.8 Å². The first kappa shape index (κ1) is 16.4. The van der Waals surface area contributed by atoms with Crippen molar-refractivity contribution in [2.45, 2.75) is 32.7 Å². The van der Waals surface area contributed by atoms with E-state index in [-0.39, 0.29) is 11.9 Å². The number of carbonyl (C=O) groups is 1. The van der Waals surface area contributed by atoms with Crippen LogP contribution in [-0.2, 0) is 4.79 Å². The molecule has 1 aliphatic heterocycles. The van der Waals surface area contributed by atoms with Gasteiger partial charge in [-0.25, -0.2) is 0 Å². The zero-order chi connectivity index (χ0) is 14.3. The number of rotatable bonds is 6. The summed E-state index contributed by atoms with van der Waals surface area (Å²) < 4.78 is 0. The van der Waals surface area contributed by atoms with Crippen molar-refractivity contribution in [3.05, 3.63) is 0 Å². The van der Waals surface area contributed by atoms with Gasteiger partial charge in [-0.1, -0.05) is 0 Å². The molecule has 5 nitrogen and oxygen atoms in total. The van der Waals surface area contributed by atoms with Crippen LogP contribution < -0.4 is 5.73 Å². The van der Waals surface area contributed by atoms with Crippen molar-refractivity contribution in [3.63, 3.8) is 0 Å². The van der Waals surface area contributed by atoms with Crippen LogP contribution in [-0.4, -0.2) is 79.5 Å². The lowest BCUT2D eigenvalue weighted by atomic mass is 10.1. The van der Waals surface area contributed by atoms with E-state index in [1.54, 1.807) is 0 Å². The third kappa shape index (κ3) is 5.09. The molecule has 1 amide bonds. The Morgan fingerprint density at radius 1 is 1.21 bits per heavy atom. The summed E-state index contributed by atoms with van der Waals surface area (Å²) in [5.41, 5.74) is 5.89. The second-order valence-corrected chi connectivity index (χ2v) is 5.35. The van der Waals surface area contributed by atoms with Gasteiger partial charge in [-0.2, -0.15) is 0 Å². The molecule has 0 aromatic carbocycles. The van der Waals surface area contributed by atoms with Gasteiger partial charge in [-0.05, 0) is 40.4 Å². The van der Waals surface area contributed by atoms with Gasteiger partial charge >= 0.3 is 0 Å². The van der Waals surface area contributed by atoms with Gasteiger partial charge in [0.05, 0.1) is 0 Å². The summed E-state index contributed by atoms with van der Waals surface area (Å²) in [6, 6.07) is 0.194. The molecule has 19 heavy (non-hydrogen) atoms. The first-order valence-electron chi connectivity index (χ1n) is 7.52. The molecule has 0 aromatic heterocycles. The molecule has 1 unspecified atom stereocenters. The summed E-state index contributed by atoms with van der Waals surface area (Å²) in [4.78, 5) is 18.8. The minimum atomic E-state index is 0.194. The molecular formula is C14H30N4O. The molecule has 1 rings (SSSR count). The number of nitrogens with zero attached hydrogens (tertiary/aromatic N) is 3. The molecule has 5 heteroatoms. The highest BCUT2D eigenvalue weighted by Gasteiger charge is 2.23. The van der Waals surface area contributed by atoms with Crippen LogP contribution in [0.25, 0.3) is 0 Å². The molecular weight excluding hydrogens is 240 g/mol. The average Bonchev–Trinajstić information content (AvgIpc) is 2.62. The lowest BCUT2D eigenvalue weighted by Crippen LogP contribution is -2.46. The molecule has 112 valence electrons. The Morgan fingerprint density at radius 2 is 1.89 bits per heavy atom. The normalized spacial score (nSPS) is 20.0. The number of likely N-dealkylation sites (N-methyl/N-ethyl adjacent to an activating group) is 1. The van der Waals surface area contributed by atoms with E-state index < -0.39 is 0 Å². The van der Waals surface area contributed by atoms with E-state index in [0.717, 1.165) is 45.7 Å². The van der Waals surface area contributed by atoms with Crippen LogP contribution in [0.2, 0.25) is 0 Å². The second kappa shape index (κ2) is 8.51. The lowest BCUT2D eigenvalue weighted by molar-refractivity contribution is -0.132. The molecule has 2 N–H and O–H groups in total. The molecule has 0 saturated carbocycles. The molecule has 1 fully saturated rings. The van der Waals surface area contributed by atoms with Crippen LogP contribution in [0.3, 0.4) is 0 Å². The number of carbonyl (C=O) groups excluding carboxylic acids is 1. The van der Waals surface area contributed by atoms with Crippen LogP contribution in [0, 0.1) is 0 Å². The van der Waals surface area contributed by atoms with E-state index in [1.165, 1.54) is 0 Å². The molecule has 0 bridgehead atoms. The maximum Gasteiger partial charge on any atom is 0.224 e. The van der Waals surface area contributed by atoms with E-state index in [1.807, 2.05) is 18.7 Å². The predicted molar refractivity (Wildman–Crippen MR) is 79.1 cm³/mol. The lowest BCUT2D eigenvalue weighted by Gasteiger charge is -2.31. The highest BCUT2D eigenvalue weighted by atomic mass is 16.2. The Morgan fingerprint density at radius 3 is 2.47 bits per heavy atom. The SMILES string of the molecule is CCN(CC)C(=O)CC(CN)N1CCCN(C)CC1. The van der Waals surface area contributed by atoms with Crippen molar-refractivity contribution in [3.8, 4) is 0 Å². The van der Waals surface area contributed by atoms with E-state index >= 15 is 0 Å². The topological polar surface area (TPSA) is 52.8 Å². The maximum absolute atomic E-state index is 12.2. The average molecular weight is 270 g/mol. The van der Waals surface area contributed by atoms with Crippen molar-refractivity contribution >= 4 is 5.91 Å². The van der Waals surface area contributed by atoms with Crippen molar-refractivity contribution < 1.29 is 4.79 Å². The van der Waals surface area contributed by atoms with Crippen LogP contribution in [0.15, 0.2) is 0 Å². The van der Waals surface area contributed by atoms with Gasteiger partial charge in [0.1, 0.15) is 0 Å². The number of nitrogens with two attached hydrogens (primary N) is 1. The Kier molecular flexibility index (Phi) is 7.34. The highest BCUT2D eigenvalue weighted by molar-refractivity contribution is 5.76. The third-order valence-corrected chi connectivity index (χ3v) is 4.07. The molecule has 1 atom stereocenters. The summed E-state index contributed by atoms with van der Waals surface area (Å²) in [6.07, 6.45) is 1.72. The number of hydrogen-bond acceptors (Lipinski definition) is 4. The zero-order valence-corrected chi connectivity index (χ0v) is 12.8. The molecule has 1 aliphatic rings. The van der Waals surface area contributed by atoms with Crippen molar-refractivity contribution in [1.29, 1.82) is 0 Å². The minimum Gasteiger partial charge on any atom is -0.343 e. The van der Waals surface area contributed by atoms with Crippen molar-refractivity contribution in [2.24, 2.45) is 5.73 Å². The van der Waals surface area contributed by atoms with Crippen LogP contribution in [0.4, 0.5) is 0 Å². The summed E-state index contributed by atoms with van der Waals surface area (Å²) in [5.74, 6) is 0.234. The summed E-state index contributed by atoms with van der Waals surface area (Å²) in [6.45, 7) is 10.5. The van der Waals surface area contributed by atoms with Crippen molar-refractivity contribution in [1.82, 2.24) is 14.7 Å². The van der Waals surface area contributed by atoms with Crippen LogP contribution >= 0.6 is 0 Å². The molecule has 0 radical (unpaired) electrons. The summed E-state index contributed by atoms with van der Waals surface area (Å²) in [7, 11) is 2.15. The fourth-order valence-corrected chi connectivity index (χ4v) is 2.70. The maximum atomic E-state index is 12.2. The first-order valence-corrected chi connectivity index (χ1v) is 7.52. The second-order valence-electron chi connectivity index (χ2n) is 5.35. The monoisotopic (exact) mass is 270 g/mol. The smallest absolute Gasteiger partial charge is 0.224 e. The first-order chi connectivity index (χ1) is 9.12. The highest BCUT2D eigenvalue weighted by Crippen LogP contribution is 2.10. The standard InChI is InChI=1S/C14H30N4O/c1-4-17(5-2)14(19)11-13(12-15)18-8-6-7-16(3)9-10-18/h13H,4-12,15H2,1-3H3. The Labute approximate surface area is 117 Å². The number of amides is 1. The van der Waals surface area contributed by atoms with Gasteiger partial charge in [0.25, 0.3) is 0 Å². The van der Waals surface area contributed by atoms with E-state index in [9.17, 15) is 4.79 Å². The fraction of sp³-hybridized carbons (Fsp3) is 0.929. The summed E-state index contributed by atoms with van der Waals surface area (Å²) in [5, 5.41) is 0. The van der Waals surface area contributed by atoms with Gasteiger partial charge in [-0.3, -0.25) is 9.69 Å². The van der Waals surface area contributed by atoms with Gasteiger partial charge in [0, 0.05) is 45.2 Å². The molecule has 0 aromatic rings. The van der Waals surface area contributed by atoms with Gasteiger partial charge < -0.3 is 15.5 Å². The van der Waals surface area contributed by atoms with Gasteiger partial charge in [0.2, 0.25) is 5.91 Å².